The van der Waals surface area contributed by atoms with E-state index in [2.05, 4.69) is 34.3 Å². The van der Waals surface area contributed by atoms with Crippen molar-refractivity contribution < 1.29 is 39.5 Å². The van der Waals surface area contributed by atoms with Crippen LogP contribution in [-0.4, -0.2) is 70.0 Å². The topological polar surface area (TPSA) is 134 Å². The number of hydrogen-bond donors (Lipinski definition) is 4. The molecule has 43 heavy (non-hydrogen) atoms. The van der Waals surface area contributed by atoms with Crippen LogP contribution in [0.15, 0.2) is 12.7 Å². The molecule has 3 unspecified atom stereocenters. The van der Waals surface area contributed by atoms with Crippen molar-refractivity contribution in [3.8, 4) is 0 Å². The number of aliphatic hydroxyl groups excluding tert-OH is 4. The zero-order chi connectivity index (χ0) is 32.4. The first-order valence-electron chi connectivity index (χ1n) is 16.4. The van der Waals surface area contributed by atoms with E-state index in [-0.39, 0.29) is 53.2 Å². The van der Waals surface area contributed by atoms with E-state index in [1.165, 1.54) is 13.8 Å². The van der Waals surface area contributed by atoms with Gasteiger partial charge in [0.1, 0.15) is 12.2 Å². The van der Waals surface area contributed by atoms with Gasteiger partial charge >= 0.3 is 11.9 Å². The summed E-state index contributed by atoms with van der Waals surface area (Å²) in [5.74, 6) is -0.683. The monoisotopic (exact) mass is 606 g/mol. The molecule has 0 aromatic carbocycles. The standard InChI is InChI=1S/C35H58O8/c1-10-11-25-32(7)14-13-26(39)33(8,20-42-21(2)37)24(32)12-15-34(25,9)31(6)17-23-16-30(4,5)29(43-22(3)38)28(41)35(23,19-36)27(40)18-31/h10,23-29,36,39-41H,1,11-20H2,2-9H3/t23?,24?,25?,26-,27+,28-,29-,31-,32-,33+,34+,35-/m0/s1. The second kappa shape index (κ2) is 11.4. The second-order valence-corrected chi connectivity index (χ2v) is 16.6. The van der Waals surface area contributed by atoms with Gasteiger partial charge in [-0.15, -0.1) is 6.58 Å². The van der Waals surface area contributed by atoms with E-state index in [9.17, 15) is 30.0 Å². The number of hydrogen-bond acceptors (Lipinski definition) is 8. The Labute approximate surface area is 258 Å². The molecule has 0 aromatic heterocycles. The van der Waals surface area contributed by atoms with Crippen molar-refractivity contribution >= 4 is 11.9 Å². The minimum Gasteiger partial charge on any atom is -0.465 e. The lowest BCUT2D eigenvalue weighted by Gasteiger charge is -2.70. The van der Waals surface area contributed by atoms with Crippen LogP contribution in [0, 0.1) is 50.2 Å². The van der Waals surface area contributed by atoms with E-state index in [4.69, 9.17) is 9.47 Å². The average molecular weight is 607 g/mol. The minimum absolute atomic E-state index is 0.134. The smallest absolute Gasteiger partial charge is 0.303 e. The summed E-state index contributed by atoms with van der Waals surface area (Å²) in [5.41, 5.74) is -3.01. The molecule has 0 aromatic rings. The van der Waals surface area contributed by atoms with Crippen LogP contribution >= 0.6 is 0 Å². The summed E-state index contributed by atoms with van der Waals surface area (Å²) in [6, 6.07) is 0. The molecule has 0 bridgehead atoms. The highest BCUT2D eigenvalue weighted by Gasteiger charge is 2.70. The Morgan fingerprint density at radius 2 is 1.56 bits per heavy atom. The van der Waals surface area contributed by atoms with Gasteiger partial charge in [-0.25, -0.2) is 0 Å². The first-order valence-corrected chi connectivity index (χ1v) is 16.4. The van der Waals surface area contributed by atoms with Gasteiger partial charge in [-0.3, -0.25) is 9.59 Å². The summed E-state index contributed by atoms with van der Waals surface area (Å²) in [6.07, 6.45) is 4.16. The van der Waals surface area contributed by atoms with Crippen LogP contribution in [0.25, 0.3) is 0 Å². The fourth-order valence-corrected chi connectivity index (χ4v) is 11.3. The van der Waals surface area contributed by atoms with Crippen LogP contribution in [0.5, 0.6) is 0 Å². The van der Waals surface area contributed by atoms with Crippen LogP contribution < -0.4 is 0 Å². The first-order chi connectivity index (χ1) is 19.8. The van der Waals surface area contributed by atoms with Crippen LogP contribution in [0.2, 0.25) is 0 Å². The Morgan fingerprint density at radius 3 is 2.12 bits per heavy atom. The van der Waals surface area contributed by atoms with Crippen LogP contribution in [0.1, 0.15) is 107 Å². The molecule has 12 atom stereocenters. The molecule has 4 rings (SSSR count). The normalized spacial score (nSPS) is 49.3. The minimum atomic E-state index is -1.19. The maximum Gasteiger partial charge on any atom is 0.303 e. The maximum absolute atomic E-state index is 12.0. The van der Waals surface area contributed by atoms with Gasteiger partial charge in [-0.1, -0.05) is 47.6 Å². The highest BCUT2D eigenvalue weighted by atomic mass is 16.6. The third-order valence-corrected chi connectivity index (χ3v) is 13.9. The highest BCUT2D eigenvalue weighted by molar-refractivity contribution is 5.66. The Morgan fingerprint density at radius 1 is 0.907 bits per heavy atom. The van der Waals surface area contributed by atoms with Crippen LogP contribution in [-0.2, 0) is 19.1 Å². The molecule has 0 radical (unpaired) electrons. The van der Waals surface area contributed by atoms with Gasteiger partial charge in [0.25, 0.3) is 0 Å². The number of rotatable bonds is 7. The van der Waals surface area contributed by atoms with Crippen LogP contribution in [0.4, 0.5) is 0 Å². The molecule has 246 valence electrons. The number of allylic oxidation sites excluding steroid dienone is 1. The van der Waals surface area contributed by atoms with Gasteiger partial charge in [-0.2, -0.15) is 0 Å². The SMILES string of the molecule is C=CCC1[C@@]2(C)CC[C@H](O)[C@](C)(COC(C)=O)C2CC[C@@]1(C)[C@@]1(C)CC2CC(C)(C)[C@@H](OC(C)=O)[C@H](O)[C@]2(CO)[C@H](O)C1. The summed E-state index contributed by atoms with van der Waals surface area (Å²) in [4.78, 5) is 23.8. The fourth-order valence-electron chi connectivity index (χ4n) is 11.3. The molecule has 4 fully saturated rings. The van der Waals surface area contributed by atoms with Gasteiger partial charge in [0.15, 0.2) is 0 Å². The molecule has 0 saturated heterocycles. The van der Waals surface area contributed by atoms with Crippen molar-refractivity contribution in [1.82, 2.24) is 0 Å². The second-order valence-electron chi connectivity index (χ2n) is 16.6. The maximum atomic E-state index is 12.0. The zero-order valence-electron chi connectivity index (χ0n) is 27.8. The zero-order valence-corrected chi connectivity index (χ0v) is 27.8. The molecule has 8 nitrogen and oxygen atoms in total. The molecular formula is C35H58O8. The van der Waals surface area contributed by atoms with Crippen molar-refractivity contribution in [2.45, 2.75) is 131 Å². The summed E-state index contributed by atoms with van der Waals surface area (Å²) in [7, 11) is 0. The Kier molecular flexibility index (Phi) is 9.12. The van der Waals surface area contributed by atoms with Crippen molar-refractivity contribution in [2.75, 3.05) is 13.2 Å². The molecule has 0 amide bonds. The molecular weight excluding hydrogens is 548 g/mol. The fraction of sp³-hybridized carbons (Fsp3) is 0.886. The van der Waals surface area contributed by atoms with Crippen molar-refractivity contribution in [1.29, 1.82) is 0 Å². The molecule has 0 aliphatic heterocycles. The molecule has 4 N–H and O–H groups in total. The third kappa shape index (κ3) is 5.11. The van der Waals surface area contributed by atoms with Gasteiger partial charge in [0.2, 0.25) is 0 Å². The van der Waals surface area contributed by atoms with E-state index in [1.807, 2.05) is 19.9 Å². The summed E-state index contributed by atoms with van der Waals surface area (Å²) < 4.78 is 11.2. The number of esters is 2. The number of carbonyl (C=O) groups excluding carboxylic acids is 2. The summed E-state index contributed by atoms with van der Waals surface area (Å²) in [5, 5.41) is 45.9. The van der Waals surface area contributed by atoms with Crippen molar-refractivity contribution in [2.24, 2.45) is 50.2 Å². The first kappa shape index (κ1) is 34.4. The van der Waals surface area contributed by atoms with E-state index in [1.54, 1.807) is 0 Å². The van der Waals surface area contributed by atoms with Gasteiger partial charge in [0.05, 0.1) is 30.8 Å². The van der Waals surface area contributed by atoms with E-state index >= 15 is 0 Å². The predicted molar refractivity (Wildman–Crippen MR) is 164 cm³/mol. The molecule has 4 aliphatic rings. The molecule has 0 spiro atoms. The number of fused-ring (bicyclic) bond motifs is 2. The number of ether oxygens (including phenoxy) is 2. The summed E-state index contributed by atoms with van der Waals surface area (Å²) in [6.45, 7) is 19.8. The Hall–Kier alpha value is -1.48. The predicted octanol–water partition coefficient (Wildman–Crippen LogP) is 4.80. The van der Waals surface area contributed by atoms with Crippen molar-refractivity contribution in [3.05, 3.63) is 12.7 Å². The van der Waals surface area contributed by atoms with E-state index in [0.29, 0.717) is 19.3 Å². The van der Waals surface area contributed by atoms with E-state index in [0.717, 1.165) is 32.1 Å². The third-order valence-electron chi connectivity index (χ3n) is 13.9. The largest absolute Gasteiger partial charge is 0.465 e. The van der Waals surface area contributed by atoms with Gasteiger partial charge in [0, 0.05) is 24.7 Å². The van der Waals surface area contributed by atoms with Crippen LogP contribution in [0.3, 0.4) is 0 Å². The lowest BCUT2D eigenvalue weighted by Crippen LogP contribution is -2.70. The number of aliphatic hydroxyl groups is 4. The molecule has 0 heterocycles. The lowest BCUT2D eigenvalue weighted by atomic mass is 9.35. The number of carbonyl (C=O) groups is 2. The van der Waals surface area contributed by atoms with E-state index < -0.39 is 46.6 Å². The van der Waals surface area contributed by atoms with Crippen molar-refractivity contribution in [3.63, 3.8) is 0 Å². The highest BCUT2D eigenvalue weighted by Crippen LogP contribution is 2.73. The molecule has 4 aliphatic carbocycles. The Balaban J connectivity index is 1.75. The quantitative estimate of drug-likeness (QED) is 0.240. The van der Waals surface area contributed by atoms with Gasteiger partial charge < -0.3 is 29.9 Å². The molecule has 4 saturated carbocycles. The molecule has 8 heteroatoms. The lowest BCUT2D eigenvalue weighted by molar-refractivity contribution is -0.278. The Bertz CT molecular complexity index is 1090. The average Bonchev–Trinajstić information content (AvgIpc) is 2.89. The van der Waals surface area contributed by atoms with Gasteiger partial charge in [-0.05, 0) is 85.4 Å². The summed E-state index contributed by atoms with van der Waals surface area (Å²) >= 11 is 0.